The van der Waals surface area contributed by atoms with Crippen molar-refractivity contribution in [1.82, 2.24) is 10.2 Å². The van der Waals surface area contributed by atoms with Crippen LogP contribution in [0.4, 0.5) is 5.69 Å². The lowest BCUT2D eigenvalue weighted by molar-refractivity contribution is -0.128. The van der Waals surface area contributed by atoms with E-state index in [1.54, 1.807) is 54.6 Å². The molecule has 7 nitrogen and oxygen atoms in total. The highest BCUT2D eigenvalue weighted by Crippen LogP contribution is 2.22. The third kappa shape index (κ3) is 3.88. The number of anilines is 1. The monoisotopic (exact) mass is 341 g/mol. The molecule has 2 heterocycles. The van der Waals surface area contributed by atoms with E-state index in [0.29, 0.717) is 30.1 Å². The zero-order chi connectivity index (χ0) is 17.8. The molecule has 0 bridgehead atoms. The van der Waals surface area contributed by atoms with Crippen LogP contribution in [-0.2, 0) is 16.1 Å². The maximum absolute atomic E-state index is 12.4. The van der Waals surface area contributed by atoms with Gasteiger partial charge in [0.2, 0.25) is 11.8 Å². The highest BCUT2D eigenvalue weighted by Gasteiger charge is 2.34. The standard InChI is InChI=1S/C18H19N3O4/c1-19-17(23)12-4-2-5-14(8-12)20-18(24)13-9-16(22)21(10-13)11-15-6-3-7-25-15/h2-8,13H,9-11H2,1H3,(H,19,23)(H,20,24). The van der Waals surface area contributed by atoms with Crippen molar-refractivity contribution in [3.05, 3.63) is 54.0 Å². The van der Waals surface area contributed by atoms with Gasteiger partial charge < -0.3 is 20.0 Å². The van der Waals surface area contributed by atoms with Crippen molar-refractivity contribution in [2.24, 2.45) is 5.92 Å². The van der Waals surface area contributed by atoms with E-state index >= 15 is 0 Å². The van der Waals surface area contributed by atoms with Gasteiger partial charge in [-0.25, -0.2) is 0 Å². The van der Waals surface area contributed by atoms with Crippen LogP contribution < -0.4 is 10.6 Å². The molecule has 3 rings (SSSR count). The molecule has 2 aromatic rings. The van der Waals surface area contributed by atoms with Crippen LogP contribution in [0.2, 0.25) is 0 Å². The smallest absolute Gasteiger partial charge is 0.251 e. The van der Waals surface area contributed by atoms with Gasteiger partial charge in [-0.3, -0.25) is 14.4 Å². The van der Waals surface area contributed by atoms with Crippen molar-refractivity contribution in [3.8, 4) is 0 Å². The Kier molecular flexibility index (Phi) is 4.83. The lowest BCUT2D eigenvalue weighted by Gasteiger charge is -2.15. The van der Waals surface area contributed by atoms with Crippen molar-refractivity contribution in [1.29, 1.82) is 0 Å². The van der Waals surface area contributed by atoms with Gasteiger partial charge >= 0.3 is 0 Å². The number of furan rings is 1. The first kappa shape index (κ1) is 16.8. The average molecular weight is 341 g/mol. The molecule has 0 aliphatic carbocycles. The van der Waals surface area contributed by atoms with Crippen LogP contribution in [0.3, 0.4) is 0 Å². The average Bonchev–Trinajstić information content (AvgIpc) is 3.25. The fourth-order valence-electron chi connectivity index (χ4n) is 2.82. The zero-order valence-corrected chi connectivity index (χ0v) is 13.8. The molecule has 25 heavy (non-hydrogen) atoms. The van der Waals surface area contributed by atoms with E-state index in [-0.39, 0.29) is 24.1 Å². The predicted molar refractivity (Wildman–Crippen MR) is 90.7 cm³/mol. The van der Waals surface area contributed by atoms with Crippen LogP contribution in [-0.4, -0.2) is 36.2 Å². The molecule has 2 N–H and O–H groups in total. The van der Waals surface area contributed by atoms with E-state index in [0.717, 1.165) is 0 Å². The van der Waals surface area contributed by atoms with Crippen molar-refractivity contribution in [2.75, 3.05) is 18.9 Å². The van der Waals surface area contributed by atoms with Crippen molar-refractivity contribution in [3.63, 3.8) is 0 Å². The third-order valence-electron chi connectivity index (χ3n) is 4.13. The van der Waals surface area contributed by atoms with Crippen LogP contribution in [0.5, 0.6) is 0 Å². The number of carbonyl (C=O) groups is 3. The summed E-state index contributed by atoms with van der Waals surface area (Å²) in [7, 11) is 1.55. The first-order valence-electron chi connectivity index (χ1n) is 8.00. The Hall–Kier alpha value is -3.09. The molecule has 0 saturated carbocycles. The minimum atomic E-state index is -0.425. The Morgan fingerprint density at radius 2 is 2.12 bits per heavy atom. The fourth-order valence-corrected chi connectivity index (χ4v) is 2.82. The summed E-state index contributed by atoms with van der Waals surface area (Å²) in [5.41, 5.74) is 0.991. The first-order valence-corrected chi connectivity index (χ1v) is 8.00. The largest absolute Gasteiger partial charge is 0.467 e. The van der Waals surface area contributed by atoms with Gasteiger partial charge in [-0.05, 0) is 30.3 Å². The lowest BCUT2D eigenvalue weighted by Crippen LogP contribution is -2.28. The van der Waals surface area contributed by atoms with Gasteiger partial charge in [0.1, 0.15) is 5.76 Å². The molecule has 3 amide bonds. The maximum Gasteiger partial charge on any atom is 0.251 e. The molecule has 7 heteroatoms. The molecule has 1 aliphatic rings. The number of hydrogen-bond donors (Lipinski definition) is 2. The summed E-state index contributed by atoms with van der Waals surface area (Å²) in [5, 5.41) is 5.32. The topological polar surface area (TPSA) is 91.7 Å². The predicted octanol–water partition coefficient (Wildman–Crippen LogP) is 1.63. The van der Waals surface area contributed by atoms with Crippen LogP contribution in [0.25, 0.3) is 0 Å². The number of hydrogen-bond acceptors (Lipinski definition) is 4. The second-order valence-electron chi connectivity index (χ2n) is 5.90. The molecule has 1 atom stereocenters. The van der Waals surface area contributed by atoms with Crippen LogP contribution in [0.15, 0.2) is 47.1 Å². The second-order valence-corrected chi connectivity index (χ2v) is 5.90. The van der Waals surface area contributed by atoms with Crippen molar-refractivity contribution < 1.29 is 18.8 Å². The van der Waals surface area contributed by atoms with Crippen LogP contribution in [0, 0.1) is 5.92 Å². The summed E-state index contributed by atoms with van der Waals surface area (Å²) >= 11 is 0. The molecular weight excluding hydrogens is 322 g/mol. The van der Waals surface area contributed by atoms with E-state index in [1.807, 2.05) is 0 Å². The van der Waals surface area contributed by atoms with Gasteiger partial charge in [-0.2, -0.15) is 0 Å². The molecule has 1 unspecified atom stereocenters. The van der Waals surface area contributed by atoms with Gasteiger partial charge in [0.05, 0.1) is 18.7 Å². The molecular formula is C18H19N3O4. The molecule has 1 aromatic heterocycles. The minimum absolute atomic E-state index is 0.0735. The number of carbonyl (C=O) groups excluding carboxylic acids is 3. The molecule has 1 aliphatic heterocycles. The maximum atomic E-state index is 12.4. The van der Waals surface area contributed by atoms with Crippen molar-refractivity contribution in [2.45, 2.75) is 13.0 Å². The van der Waals surface area contributed by atoms with E-state index in [4.69, 9.17) is 4.42 Å². The lowest BCUT2D eigenvalue weighted by atomic mass is 10.1. The Bertz CT molecular complexity index is 785. The highest BCUT2D eigenvalue weighted by atomic mass is 16.3. The summed E-state index contributed by atoms with van der Waals surface area (Å²) in [6.45, 7) is 0.711. The normalized spacial score (nSPS) is 16.8. The number of likely N-dealkylation sites (tertiary alicyclic amines) is 1. The Labute approximate surface area is 145 Å². The van der Waals surface area contributed by atoms with Crippen molar-refractivity contribution >= 4 is 23.4 Å². The molecule has 0 radical (unpaired) electrons. The molecule has 1 fully saturated rings. The Morgan fingerprint density at radius 1 is 1.28 bits per heavy atom. The van der Waals surface area contributed by atoms with Crippen LogP contribution in [0.1, 0.15) is 22.5 Å². The van der Waals surface area contributed by atoms with E-state index in [1.165, 1.54) is 0 Å². The third-order valence-corrected chi connectivity index (χ3v) is 4.13. The van der Waals surface area contributed by atoms with Gasteiger partial charge in [-0.1, -0.05) is 6.07 Å². The van der Waals surface area contributed by atoms with Gasteiger partial charge in [0, 0.05) is 31.3 Å². The van der Waals surface area contributed by atoms with Gasteiger partial charge in [-0.15, -0.1) is 0 Å². The zero-order valence-electron chi connectivity index (χ0n) is 13.8. The summed E-state index contributed by atoms with van der Waals surface area (Å²) in [5.74, 6) is -0.268. The van der Waals surface area contributed by atoms with Gasteiger partial charge in [0.15, 0.2) is 0 Å². The second kappa shape index (κ2) is 7.21. The molecule has 0 spiro atoms. The molecule has 130 valence electrons. The van der Waals surface area contributed by atoms with E-state index in [2.05, 4.69) is 10.6 Å². The fraction of sp³-hybridized carbons (Fsp3) is 0.278. The first-order chi connectivity index (χ1) is 12.1. The molecule has 1 saturated heterocycles. The Balaban J connectivity index is 1.62. The quantitative estimate of drug-likeness (QED) is 0.864. The SMILES string of the molecule is CNC(=O)c1cccc(NC(=O)C2CC(=O)N(Cc3ccco3)C2)c1. The number of benzene rings is 1. The summed E-state index contributed by atoms with van der Waals surface area (Å²) in [4.78, 5) is 37.8. The van der Waals surface area contributed by atoms with E-state index in [9.17, 15) is 14.4 Å². The number of amides is 3. The molecule has 1 aromatic carbocycles. The summed E-state index contributed by atoms with van der Waals surface area (Å²) in [6, 6.07) is 10.2. The Morgan fingerprint density at radius 3 is 2.84 bits per heavy atom. The summed E-state index contributed by atoms with van der Waals surface area (Å²) < 4.78 is 5.25. The van der Waals surface area contributed by atoms with Gasteiger partial charge in [0.25, 0.3) is 5.91 Å². The minimum Gasteiger partial charge on any atom is -0.467 e. The highest BCUT2D eigenvalue weighted by molar-refractivity contribution is 5.99. The summed E-state index contributed by atoms with van der Waals surface area (Å²) in [6.07, 6.45) is 1.72. The number of nitrogens with zero attached hydrogens (tertiary/aromatic N) is 1. The number of rotatable bonds is 5. The number of nitrogens with one attached hydrogen (secondary N) is 2. The van der Waals surface area contributed by atoms with E-state index < -0.39 is 5.92 Å². The van der Waals surface area contributed by atoms with Crippen LogP contribution >= 0.6 is 0 Å².